The Morgan fingerprint density at radius 2 is 2.20 bits per heavy atom. The van der Waals surface area contributed by atoms with E-state index in [1.54, 1.807) is 0 Å². The maximum atomic E-state index is 5.52. The quantitative estimate of drug-likeness (QED) is 0.563. The fraction of sp³-hybridized carbons (Fsp3) is 0.385. The number of hydrogen-bond donors (Lipinski definition) is 0. The van der Waals surface area contributed by atoms with Gasteiger partial charge in [0.05, 0.1) is 12.5 Å². The molecular weight excluding hydrogens is 208 g/mol. The van der Waals surface area contributed by atoms with Crippen molar-refractivity contribution in [2.24, 2.45) is 0 Å². The van der Waals surface area contributed by atoms with Crippen LogP contribution < -0.4 is 4.74 Å². The molecule has 0 spiro atoms. The van der Waals surface area contributed by atoms with E-state index in [2.05, 4.69) is 18.8 Å². The third-order valence-electron chi connectivity index (χ3n) is 1.96. The zero-order valence-corrected chi connectivity index (χ0v) is 9.90. The Hall–Kier alpha value is -1.13. The number of halogens is 1. The number of benzene rings is 1. The van der Waals surface area contributed by atoms with E-state index < -0.39 is 0 Å². The lowest BCUT2D eigenvalue weighted by Crippen LogP contribution is -1.95. The van der Waals surface area contributed by atoms with Crippen molar-refractivity contribution in [3.8, 4) is 17.6 Å². The first-order valence-corrected chi connectivity index (χ1v) is 5.59. The van der Waals surface area contributed by atoms with Crippen LogP contribution in [0.25, 0.3) is 0 Å². The zero-order valence-electron chi connectivity index (χ0n) is 9.14. The van der Waals surface area contributed by atoms with Crippen LogP contribution in [-0.4, -0.2) is 12.5 Å². The van der Waals surface area contributed by atoms with Crippen molar-refractivity contribution >= 4 is 11.6 Å². The van der Waals surface area contributed by atoms with E-state index >= 15 is 0 Å². The average Bonchev–Trinajstić information content (AvgIpc) is 2.25. The molecule has 1 aromatic rings. The fourth-order valence-corrected chi connectivity index (χ4v) is 1.28. The topological polar surface area (TPSA) is 9.23 Å². The lowest BCUT2D eigenvalue weighted by Gasteiger charge is -2.06. The van der Waals surface area contributed by atoms with E-state index in [-0.39, 0.29) is 0 Å². The van der Waals surface area contributed by atoms with Gasteiger partial charge in [0.15, 0.2) is 0 Å². The molecule has 0 saturated carbocycles. The van der Waals surface area contributed by atoms with Gasteiger partial charge in [-0.2, -0.15) is 0 Å². The summed E-state index contributed by atoms with van der Waals surface area (Å²) in [5, 5.41) is 0. The number of hydrogen-bond acceptors (Lipinski definition) is 1. The Morgan fingerprint density at radius 1 is 1.40 bits per heavy atom. The Kier molecular flexibility index (Phi) is 5.07. The maximum Gasteiger partial charge on any atom is 0.119 e. The lowest BCUT2D eigenvalue weighted by atomic mass is 10.1. The summed E-state index contributed by atoms with van der Waals surface area (Å²) in [5.41, 5.74) is 2.14. The van der Waals surface area contributed by atoms with Crippen LogP contribution in [0.2, 0.25) is 0 Å². The number of alkyl halides is 1. The summed E-state index contributed by atoms with van der Waals surface area (Å²) < 4.78 is 5.52. The monoisotopic (exact) mass is 222 g/mol. The van der Waals surface area contributed by atoms with Crippen molar-refractivity contribution in [3.05, 3.63) is 29.3 Å². The molecule has 0 aliphatic rings. The van der Waals surface area contributed by atoms with Crippen LogP contribution in [-0.2, 0) is 0 Å². The van der Waals surface area contributed by atoms with Gasteiger partial charge in [-0.25, -0.2) is 0 Å². The molecule has 0 aliphatic heterocycles. The van der Waals surface area contributed by atoms with Gasteiger partial charge in [-0.15, -0.1) is 11.6 Å². The van der Waals surface area contributed by atoms with Crippen molar-refractivity contribution in [1.82, 2.24) is 0 Å². The summed E-state index contributed by atoms with van der Waals surface area (Å²) in [5.74, 6) is 7.13. The van der Waals surface area contributed by atoms with Crippen LogP contribution in [0.3, 0.4) is 0 Å². The highest BCUT2D eigenvalue weighted by Crippen LogP contribution is 2.16. The Balaban J connectivity index is 2.78. The molecule has 0 heterocycles. The molecule has 1 rings (SSSR count). The molecule has 1 nitrogen and oxygen atoms in total. The summed E-state index contributed by atoms with van der Waals surface area (Å²) in [4.78, 5) is 0. The van der Waals surface area contributed by atoms with Crippen LogP contribution in [0.5, 0.6) is 5.75 Å². The van der Waals surface area contributed by atoms with Gasteiger partial charge in [0.1, 0.15) is 5.75 Å². The molecule has 0 aliphatic carbocycles. The molecule has 0 unspecified atom stereocenters. The van der Waals surface area contributed by atoms with E-state index in [9.17, 15) is 0 Å². The third kappa shape index (κ3) is 3.85. The highest BCUT2D eigenvalue weighted by Gasteiger charge is 1.97. The molecule has 0 fully saturated rings. The van der Waals surface area contributed by atoms with Crippen LogP contribution in [0.15, 0.2) is 18.2 Å². The van der Waals surface area contributed by atoms with Crippen LogP contribution in [0.4, 0.5) is 0 Å². The third-order valence-corrected chi connectivity index (χ3v) is 2.09. The van der Waals surface area contributed by atoms with Crippen molar-refractivity contribution in [2.45, 2.75) is 20.3 Å². The predicted octanol–water partition coefficient (Wildman–Crippen LogP) is 3.37. The second-order valence-corrected chi connectivity index (χ2v) is 3.53. The molecule has 0 atom stereocenters. The van der Waals surface area contributed by atoms with Gasteiger partial charge < -0.3 is 4.74 Å². The molecule has 80 valence electrons. The molecule has 1 aromatic carbocycles. The first-order chi connectivity index (χ1) is 7.27. The van der Waals surface area contributed by atoms with Crippen molar-refractivity contribution in [2.75, 3.05) is 12.5 Å². The summed E-state index contributed by atoms with van der Waals surface area (Å²) >= 11 is 5.51. The summed E-state index contributed by atoms with van der Waals surface area (Å²) in [6, 6.07) is 5.93. The van der Waals surface area contributed by atoms with Gasteiger partial charge in [-0.05, 0) is 37.1 Å². The van der Waals surface area contributed by atoms with Crippen LogP contribution >= 0.6 is 11.6 Å². The van der Waals surface area contributed by atoms with Gasteiger partial charge in [0, 0.05) is 5.56 Å². The summed E-state index contributed by atoms with van der Waals surface area (Å²) in [6.45, 7) is 4.87. The molecule has 15 heavy (non-hydrogen) atoms. The maximum absolute atomic E-state index is 5.52. The molecule has 2 heteroatoms. The smallest absolute Gasteiger partial charge is 0.119 e. The second kappa shape index (κ2) is 6.37. The lowest BCUT2D eigenvalue weighted by molar-refractivity contribution is 0.317. The van der Waals surface area contributed by atoms with Gasteiger partial charge >= 0.3 is 0 Å². The van der Waals surface area contributed by atoms with E-state index in [1.807, 2.05) is 25.1 Å². The molecule has 0 saturated heterocycles. The molecule has 0 N–H and O–H groups in total. The van der Waals surface area contributed by atoms with Gasteiger partial charge in [-0.1, -0.05) is 18.8 Å². The normalized spacial score (nSPS) is 9.27. The molecule has 0 bridgehead atoms. The van der Waals surface area contributed by atoms with Crippen molar-refractivity contribution < 1.29 is 4.74 Å². The molecule has 0 aromatic heterocycles. The molecule has 0 radical (unpaired) electrons. The van der Waals surface area contributed by atoms with E-state index in [4.69, 9.17) is 16.3 Å². The van der Waals surface area contributed by atoms with Crippen LogP contribution in [0.1, 0.15) is 24.5 Å². The van der Waals surface area contributed by atoms with E-state index in [0.29, 0.717) is 5.88 Å². The van der Waals surface area contributed by atoms with Gasteiger partial charge in [0.25, 0.3) is 0 Å². The highest BCUT2D eigenvalue weighted by atomic mass is 35.5. The minimum absolute atomic E-state index is 0.369. The Bertz CT molecular complexity index is 374. The van der Waals surface area contributed by atoms with Crippen LogP contribution in [0, 0.1) is 18.8 Å². The number of rotatable bonds is 3. The van der Waals surface area contributed by atoms with Crippen molar-refractivity contribution in [1.29, 1.82) is 0 Å². The highest BCUT2D eigenvalue weighted by molar-refractivity contribution is 6.19. The Labute approximate surface area is 96.4 Å². The predicted molar refractivity (Wildman–Crippen MR) is 64.6 cm³/mol. The van der Waals surface area contributed by atoms with Crippen molar-refractivity contribution in [3.63, 3.8) is 0 Å². The minimum Gasteiger partial charge on any atom is -0.494 e. The Morgan fingerprint density at radius 3 is 2.80 bits per heavy atom. The largest absolute Gasteiger partial charge is 0.494 e. The summed E-state index contributed by atoms with van der Waals surface area (Å²) in [6.07, 6.45) is 1.02. The van der Waals surface area contributed by atoms with Gasteiger partial charge in [-0.3, -0.25) is 0 Å². The van der Waals surface area contributed by atoms with E-state index in [1.165, 1.54) is 0 Å². The minimum atomic E-state index is 0.369. The fourth-order valence-electron chi connectivity index (χ4n) is 1.21. The summed E-state index contributed by atoms with van der Waals surface area (Å²) in [7, 11) is 0. The standard InChI is InChI=1S/C13H15ClO/c1-3-9-15-13-7-6-12(5-4-8-14)11(2)10-13/h6-7,10H,3,8-9H2,1-2H3. The first kappa shape index (κ1) is 11.9. The molecule has 0 amide bonds. The number of ether oxygens (including phenoxy) is 1. The average molecular weight is 223 g/mol. The van der Waals surface area contributed by atoms with E-state index in [0.717, 1.165) is 29.9 Å². The SMILES string of the molecule is CCCOc1ccc(C#CCCl)c(C)c1. The second-order valence-electron chi connectivity index (χ2n) is 3.26. The first-order valence-electron chi connectivity index (χ1n) is 5.06. The number of aryl methyl sites for hydroxylation is 1. The zero-order chi connectivity index (χ0) is 11.1. The molecular formula is C13H15ClO. The van der Waals surface area contributed by atoms with Gasteiger partial charge in [0.2, 0.25) is 0 Å².